The van der Waals surface area contributed by atoms with Gasteiger partial charge in [-0.15, -0.1) is 0 Å². The lowest BCUT2D eigenvalue weighted by molar-refractivity contribution is -0.122. The highest BCUT2D eigenvalue weighted by atomic mass is 16.2. The lowest BCUT2D eigenvalue weighted by Gasteiger charge is -2.38. The van der Waals surface area contributed by atoms with Gasteiger partial charge in [0.2, 0.25) is 11.8 Å². The van der Waals surface area contributed by atoms with Gasteiger partial charge in [0.1, 0.15) is 6.04 Å². The molecule has 7 nitrogen and oxygen atoms in total. The molecule has 0 aliphatic carbocycles. The predicted molar refractivity (Wildman–Crippen MR) is 114 cm³/mol. The van der Waals surface area contributed by atoms with Gasteiger partial charge in [0, 0.05) is 29.8 Å². The molecule has 1 atom stereocenters. The molecule has 3 amide bonds. The van der Waals surface area contributed by atoms with Crippen LogP contribution in [-0.4, -0.2) is 36.1 Å². The summed E-state index contributed by atoms with van der Waals surface area (Å²) >= 11 is 0. The first-order chi connectivity index (χ1) is 14.4. The molecule has 4 rings (SSSR count). The van der Waals surface area contributed by atoms with Crippen LogP contribution in [0.25, 0.3) is 0 Å². The van der Waals surface area contributed by atoms with Crippen LogP contribution in [0.2, 0.25) is 0 Å². The van der Waals surface area contributed by atoms with E-state index in [2.05, 4.69) is 5.32 Å². The number of rotatable bonds is 5. The normalized spacial score (nSPS) is 17.6. The van der Waals surface area contributed by atoms with Crippen LogP contribution in [0.15, 0.2) is 42.5 Å². The number of fused-ring (bicyclic) bond motifs is 3. The van der Waals surface area contributed by atoms with Gasteiger partial charge in [0.15, 0.2) is 5.78 Å². The molecule has 2 heterocycles. The Kier molecular flexibility index (Phi) is 5.11. The number of nitrogens with one attached hydrogen (secondary N) is 1. The van der Waals surface area contributed by atoms with E-state index in [1.807, 2.05) is 6.92 Å². The first kappa shape index (κ1) is 19.8. The van der Waals surface area contributed by atoms with Gasteiger partial charge in [0.25, 0.3) is 5.91 Å². The summed E-state index contributed by atoms with van der Waals surface area (Å²) in [6.07, 6.45) is 1.64. The van der Waals surface area contributed by atoms with E-state index in [-0.39, 0.29) is 23.5 Å². The lowest BCUT2D eigenvalue weighted by Crippen LogP contribution is -2.52. The molecule has 2 aromatic carbocycles. The summed E-state index contributed by atoms with van der Waals surface area (Å²) in [6.45, 7) is 3.98. The largest absolute Gasteiger partial charge is 0.322 e. The van der Waals surface area contributed by atoms with E-state index in [0.29, 0.717) is 47.6 Å². The fourth-order valence-corrected chi connectivity index (χ4v) is 4.08. The molecule has 0 unspecified atom stereocenters. The van der Waals surface area contributed by atoms with Gasteiger partial charge in [-0.25, -0.2) is 0 Å². The third kappa shape index (κ3) is 3.36. The number of hydrogen-bond donors (Lipinski definition) is 1. The second-order valence-corrected chi connectivity index (χ2v) is 7.60. The summed E-state index contributed by atoms with van der Waals surface area (Å²) in [5.74, 6) is -0.596. The minimum Gasteiger partial charge on any atom is -0.322 e. The molecule has 0 bridgehead atoms. The number of benzene rings is 2. The lowest BCUT2D eigenvalue weighted by atomic mass is 10.0. The molecule has 1 fully saturated rings. The third-order valence-corrected chi connectivity index (χ3v) is 5.53. The van der Waals surface area contributed by atoms with Crippen molar-refractivity contribution in [3.63, 3.8) is 0 Å². The van der Waals surface area contributed by atoms with Crippen LogP contribution in [-0.2, 0) is 9.59 Å². The Bertz CT molecular complexity index is 1060. The molecular weight excluding hydrogens is 382 g/mol. The van der Waals surface area contributed by atoms with Crippen molar-refractivity contribution < 1.29 is 19.2 Å². The zero-order valence-electron chi connectivity index (χ0n) is 17.0. The van der Waals surface area contributed by atoms with E-state index in [4.69, 9.17) is 0 Å². The van der Waals surface area contributed by atoms with Gasteiger partial charge in [-0.3, -0.25) is 24.1 Å². The number of hydrogen-bond acceptors (Lipinski definition) is 4. The van der Waals surface area contributed by atoms with Gasteiger partial charge >= 0.3 is 0 Å². The maximum atomic E-state index is 13.0. The van der Waals surface area contributed by atoms with E-state index < -0.39 is 6.04 Å². The van der Waals surface area contributed by atoms with Crippen molar-refractivity contribution in [3.8, 4) is 0 Å². The number of Topliss-reactive ketones (excluding diaryl/α,β-unsaturated/α-hetero) is 1. The Morgan fingerprint density at radius 3 is 2.60 bits per heavy atom. The van der Waals surface area contributed by atoms with Crippen molar-refractivity contribution in [1.29, 1.82) is 0 Å². The van der Waals surface area contributed by atoms with Crippen molar-refractivity contribution in [1.82, 2.24) is 0 Å². The first-order valence-electron chi connectivity index (χ1n) is 10.1. The number of anilines is 3. The first-order valence-corrected chi connectivity index (χ1v) is 10.1. The SMILES string of the molecule is CCCN1C(=O)[C@@H]2CCC(=O)N2c2ccc(C(=O)Nc3cccc(C(C)=O)c3)cc21. The molecule has 1 N–H and O–H groups in total. The van der Waals surface area contributed by atoms with Gasteiger partial charge in [-0.1, -0.05) is 19.1 Å². The van der Waals surface area contributed by atoms with Crippen LogP contribution in [0.3, 0.4) is 0 Å². The quantitative estimate of drug-likeness (QED) is 0.773. The van der Waals surface area contributed by atoms with Gasteiger partial charge in [-0.05, 0) is 50.1 Å². The molecule has 154 valence electrons. The number of carbonyl (C=O) groups excluding carboxylic acids is 4. The fraction of sp³-hybridized carbons (Fsp3) is 0.304. The molecule has 0 aromatic heterocycles. The Labute approximate surface area is 174 Å². The second kappa shape index (κ2) is 7.74. The van der Waals surface area contributed by atoms with E-state index in [9.17, 15) is 19.2 Å². The van der Waals surface area contributed by atoms with Crippen LogP contribution in [0.4, 0.5) is 17.1 Å². The number of amides is 3. The molecule has 0 radical (unpaired) electrons. The van der Waals surface area contributed by atoms with Crippen LogP contribution < -0.4 is 15.1 Å². The molecule has 2 aliphatic rings. The zero-order valence-corrected chi connectivity index (χ0v) is 17.0. The standard InChI is InChI=1S/C23H23N3O4/c1-3-11-25-20-13-16(22(29)24-17-6-4-5-15(12-17)14(2)27)7-8-18(20)26-19(23(25)30)9-10-21(26)28/h4-8,12-13,19H,3,9-11H2,1-2H3,(H,24,29)/t19-/m0/s1. The van der Waals surface area contributed by atoms with Crippen molar-refractivity contribution in [2.75, 3.05) is 21.7 Å². The second-order valence-electron chi connectivity index (χ2n) is 7.60. The number of carbonyl (C=O) groups is 4. The molecule has 1 saturated heterocycles. The van der Waals surface area contributed by atoms with E-state index in [0.717, 1.165) is 6.42 Å². The summed E-state index contributed by atoms with van der Waals surface area (Å²) < 4.78 is 0. The summed E-state index contributed by atoms with van der Waals surface area (Å²) in [4.78, 5) is 53.0. The highest BCUT2D eigenvalue weighted by molar-refractivity contribution is 6.16. The third-order valence-electron chi connectivity index (χ3n) is 5.53. The van der Waals surface area contributed by atoms with E-state index in [1.54, 1.807) is 52.3 Å². The van der Waals surface area contributed by atoms with Crippen LogP contribution in [0, 0.1) is 0 Å². The molecule has 2 aromatic rings. The summed E-state index contributed by atoms with van der Waals surface area (Å²) in [5.41, 5.74) is 2.66. The topological polar surface area (TPSA) is 86.8 Å². The minimum atomic E-state index is -0.453. The van der Waals surface area contributed by atoms with Gasteiger partial charge in [-0.2, -0.15) is 0 Å². The van der Waals surface area contributed by atoms with Gasteiger partial charge in [0.05, 0.1) is 11.4 Å². The van der Waals surface area contributed by atoms with E-state index >= 15 is 0 Å². The molecule has 30 heavy (non-hydrogen) atoms. The van der Waals surface area contributed by atoms with Crippen molar-refractivity contribution in [2.45, 2.75) is 39.2 Å². The van der Waals surface area contributed by atoms with Gasteiger partial charge < -0.3 is 10.2 Å². The Morgan fingerprint density at radius 1 is 1.07 bits per heavy atom. The number of nitrogens with zero attached hydrogens (tertiary/aromatic N) is 2. The zero-order chi connectivity index (χ0) is 21.4. The molecule has 7 heteroatoms. The minimum absolute atomic E-state index is 0.0657. The predicted octanol–water partition coefficient (Wildman–Crippen LogP) is 3.39. The molecule has 0 saturated carbocycles. The highest BCUT2D eigenvalue weighted by Crippen LogP contribution is 2.41. The average molecular weight is 405 g/mol. The maximum Gasteiger partial charge on any atom is 0.255 e. The monoisotopic (exact) mass is 405 g/mol. The van der Waals surface area contributed by atoms with Crippen molar-refractivity contribution >= 4 is 40.6 Å². The van der Waals surface area contributed by atoms with Crippen LogP contribution >= 0.6 is 0 Å². The fourth-order valence-electron chi connectivity index (χ4n) is 4.08. The Morgan fingerprint density at radius 2 is 1.87 bits per heavy atom. The molecule has 2 aliphatic heterocycles. The summed E-state index contributed by atoms with van der Waals surface area (Å²) in [7, 11) is 0. The highest BCUT2D eigenvalue weighted by Gasteiger charge is 2.44. The van der Waals surface area contributed by atoms with E-state index in [1.165, 1.54) is 6.92 Å². The number of ketones is 1. The Balaban J connectivity index is 1.67. The maximum absolute atomic E-state index is 13.0. The van der Waals surface area contributed by atoms with Crippen LogP contribution in [0.5, 0.6) is 0 Å². The van der Waals surface area contributed by atoms with Crippen LogP contribution in [0.1, 0.15) is 53.8 Å². The molecule has 0 spiro atoms. The van der Waals surface area contributed by atoms with Crippen molar-refractivity contribution in [2.24, 2.45) is 0 Å². The summed E-state index contributed by atoms with van der Waals surface area (Å²) in [5, 5.41) is 2.80. The average Bonchev–Trinajstić information content (AvgIpc) is 3.12. The van der Waals surface area contributed by atoms with Crippen molar-refractivity contribution in [3.05, 3.63) is 53.6 Å². The summed E-state index contributed by atoms with van der Waals surface area (Å²) in [6, 6.07) is 11.3. The smallest absolute Gasteiger partial charge is 0.255 e. The molecular formula is C23H23N3O4. The Hall–Kier alpha value is -3.48.